The fraction of sp³-hybridized carbons (Fsp3) is 0.517. The smallest absolute Gasteiger partial charge is 0.248 e. The molecule has 8 nitrogen and oxygen atoms in total. The Labute approximate surface area is 237 Å². The van der Waals surface area contributed by atoms with Crippen LogP contribution in [0.25, 0.3) is 0 Å². The Morgan fingerprint density at radius 1 is 0.976 bits per heavy atom. The van der Waals surface area contributed by atoms with Crippen molar-refractivity contribution in [1.82, 2.24) is 15.1 Å². The van der Waals surface area contributed by atoms with Crippen LogP contribution in [0.2, 0.25) is 0 Å². The van der Waals surface area contributed by atoms with E-state index in [1.165, 1.54) is 36.4 Å². The van der Waals surface area contributed by atoms with Crippen LogP contribution in [-0.2, 0) is 26.0 Å². The molecule has 41 heavy (non-hydrogen) atoms. The number of ether oxygens (including phenoxy) is 1. The predicted octanol–water partition coefficient (Wildman–Crippen LogP) is 4.00. The van der Waals surface area contributed by atoms with Crippen molar-refractivity contribution in [2.75, 3.05) is 39.0 Å². The van der Waals surface area contributed by atoms with Crippen molar-refractivity contribution in [3.63, 3.8) is 0 Å². The molecule has 2 aromatic rings. The number of hydrogen-bond acceptors (Lipinski definition) is 6. The lowest BCUT2D eigenvalue weighted by Gasteiger charge is -2.35. The van der Waals surface area contributed by atoms with Crippen molar-refractivity contribution in [2.24, 2.45) is 11.3 Å². The number of hydrogen-bond donors (Lipinski definition) is 1. The summed E-state index contributed by atoms with van der Waals surface area (Å²) >= 11 is 0. The van der Waals surface area contributed by atoms with Crippen LogP contribution >= 0.6 is 0 Å². The van der Waals surface area contributed by atoms with Gasteiger partial charge in [-0.3, -0.25) is 14.5 Å². The molecular formula is C29H34F3N3O5S. The highest BCUT2D eigenvalue weighted by molar-refractivity contribution is 7.90. The number of carbonyl (C=O) groups is 2. The third-order valence-corrected chi connectivity index (χ3v) is 9.58. The lowest BCUT2D eigenvalue weighted by atomic mass is 9.82. The fourth-order valence-electron chi connectivity index (χ4n) is 5.86. The molecule has 2 saturated carbocycles. The molecule has 0 bridgehead atoms. The summed E-state index contributed by atoms with van der Waals surface area (Å²) in [6.07, 6.45) is 2.09. The van der Waals surface area contributed by atoms with Gasteiger partial charge >= 0.3 is 0 Å². The minimum Gasteiger partial charge on any atom is -0.457 e. The first kappa shape index (κ1) is 29.4. The molecule has 1 heterocycles. The number of halogens is 3. The summed E-state index contributed by atoms with van der Waals surface area (Å²) in [5, 5.41) is 2.71. The molecule has 1 atom stereocenters. The Bertz CT molecular complexity index is 1400. The van der Waals surface area contributed by atoms with Crippen molar-refractivity contribution < 1.29 is 35.9 Å². The summed E-state index contributed by atoms with van der Waals surface area (Å²) in [7, 11) is -3.33. The first-order valence-corrected chi connectivity index (χ1v) is 15.6. The van der Waals surface area contributed by atoms with Crippen molar-refractivity contribution >= 4 is 21.7 Å². The topological polar surface area (TPSA) is 96.0 Å². The van der Waals surface area contributed by atoms with Crippen LogP contribution in [0, 0.1) is 17.2 Å². The van der Waals surface area contributed by atoms with E-state index in [4.69, 9.17) is 4.74 Å². The molecule has 1 spiro atoms. The van der Waals surface area contributed by atoms with Crippen LogP contribution in [0.15, 0.2) is 47.4 Å². The van der Waals surface area contributed by atoms with Crippen LogP contribution in [0.3, 0.4) is 0 Å². The molecule has 12 heteroatoms. The SMILES string of the molecule is CS(=O)(=O)c1ccc(Oc2cc(F)cc(CN3CCN(C(=O)CNC(=O)C4CC45CCC(F)(F)CC5)CC3)c2)cc1. The van der Waals surface area contributed by atoms with Crippen molar-refractivity contribution in [1.29, 1.82) is 0 Å². The van der Waals surface area contributed by atoms with Gasteiger partial charge in [-0.15, -0.1) is 0 Å². The maximum Gasteiger partial charge on any atom is 0.248 e. The molecule has 3 fully saturated rings. The van der Waals surface area contributed by atoms with Gasteiger partial charge in [0.15, 0.2) is 9.84 Å². The summed E-state index contributed by atoms with van der Waals surface area (Å²) < 4.78 is 70.3. The zero-order valence-corrected chi connectivity index (χ0v) is 23.7. The van der Waals surface area contributed by atoms with Gasteiger partial charge in [0.05, 0.1) is 11.4 Å². The van der Waals surface area contributed by atoms with E-state index in [1.54, 1.807) is 11.0 Å². The highest BCUT2D eigenvalue weighted by atomic mass is 32.2. The average Bonchev–Trinajstić information content (AvgIpc) is 3.63. The monoisotopic (exact) mass is 593 g/mol. The molecule has 1 unspecified atom stereocenters. The van der Waals surface area contributed by atoms with E-state index in [-0.39, 0.29) is 53.2 Å². The van der Waals surface area contributed by atoms with Gasteiger partial charge in [-0.05, 0) is 66.6 Å². The lowest BCUT2D eigenvalue weighted by Crippen LogP contribution is -2.51. The molecule has 1 saturated heterocycles. The van der Waals surface area contributed by atoms with E-state index in [0.717, 1.165) is 6.26 Å². The van der Waals surface area contributed by atoms with E-state index >= 15 is 0 Å². The molecule has 2 amide bonds. The van der Waals surface area contributed by atoms with Gasteiger partial charge in [-0.2, -0.15) is 0 Å². The van der Waals surface area contributed by atoms with Crippen molar-refractivity contribution in [2.45, 2.75) is 49.5 Å². The number of sulfone groups is 1. The minimum atomic E-state index is -3.33. The Kier molecular flexibility index (Phi) is 8.08. The molecule has 2 aromatic carbocycles. The molecular weight excluding hydrogens is 559 g/mol. The number of nitrogens with one attached hydrogen (secondary N) is 1. The predicted molar refractivity (Wildman–Crippen MR) is 145 cm³/mol. The van der Waals surface area contributed by atoms with Gasteiger partial charge < -0.3 is 15.0 Å². The van der Waals surface area contributed by atoms with Gasteiger partial charge in [0, 0.05) is 63.8 Å². The summed E-state index contributed by atoms with van der Waals surface area (Å²) in [6, 6.07) is 10.3. The van der Waals surface area contributed by atoms with E-state index in [0.29, 0.717) is 63.3 Å². The summed E-state index contributed by atoms with van der Waals surface area (Å²) in [4.78, 5) is 29.2. The number of carbonyl (C=O) groups excluding carboxylic acids is 2. The summed E-state index contributed by atoms with van der Waals surface area (Å²) in [5.41, 5.74) is 0.379. The Balaban J connectivity index is 1.07. The molecule has 1 N–H and O–H groups in total. The van der Waals surface area contributed by atoms with Crippen LogP contribution in [0.5, 0.6) is 11.5 Å². The third kappa shape index (κ3) is 7.21. The van der Waals surface area contributed by atoms with E-state index in [2.05, 4.69) is 10.2 Å². The van der Waals surface area contributed by atoms with E-state index in [9.17, 15) is 31.2 Å². The largest absolute Gasteiger partial charge is 0.457 e. The lowest BCUT2D eigenvalue weighted by molar-refractivity contribution is -0.135. The highest BCUT2D eigenvalue weighted by Gasteiger charge is 2.60. The van der Waals surface area contributed by atoms with Crippen molar-refractivity contribution in [3.8, 4) is 11.5 Å². The zero-order chi connectivity index (χ0) is 29.4. The van der Waals surface area contributed by atoms with Crippen LogP contribution in [0.1, 0.15) is 37.7 Å². The van der Waals surface area contributed by atoms with E-state index < -0.39 is 21.6 Å². The minimum absolute atomic E-state index is 0.114. The number of piperazine rings is 1. The van der Waals surface area contributed by atoms with Gasteiger partial charge in [0.25, 0.3) is 0 Å². The second-order valence-corrected chi connectivity index (χ2v) is 13.5. The average molecular weight is 594 g/mol. The zero-order valence-electron chi connectivity index (χ0n) is 22.9. The number of nitrogens with zero attached hydrogens (tertiary/aromatic N) is 2. The second-order valence-electron chi connectivity index (χ2n) is 11.5. The molecule has 222 valence electrons. The summed E-state index contributed by atoms with van der Waals surface area (Å²) in [5.74, 6) is -3.12. The normalized spacial score (nSPS) is 21.9. The van der Waals surface area contributed by atoms with Gasteiger partial charge in [0.2, 0.25) is 17.7 Å². The first-order valence-electron chi connectivity index (χ1n) is 13.8. The first-order chi connectivity index (χ1) is 19.3. The highest BCUT2D eigenvalue weighted by Crippen LogP contribution is 2.63. The fourth-order valence-corrected chi connectivity index (χ4v) is 6.49. The molecule has 0 aromatic heterocycles. The number of benzene rings is 2. The summed E-state index contributed by atoms with van der Waals surface area (Å²) in [6.45, 7) is 2.39. The Morgan fingerprint density at radius 3 is 2.27 bits per heavy atom. The quantitative estimate of drug-likeness (QED) is 0.497. The van der Waals surface area contributed by atoms with Crippen LogP contribution in [-0.4, -0.2) is 74.9 Å². The van der Waals surface area contributed by atoms with Gasteiger partial charge in [0.1, 0.15) is 17.3 Å². The van der Waals surface area contributed by atoms with Crippen LogP contribution in [0.4, 0.5) is 13.2 Å². The Morgan fingerprint density at radius 2 is 1.63 bits per heavy atom. The molecule has 3 aliphatic rings. The molecule has 1 aliphatic heterocycles. The molecule has 2 aliphatic carbocycles. The Hall–Kier alpha value is -3.12. The number of alkyl halides is 2. The molecule has 0 radical (unpaired) electrons. The third-order valence-electron chi connectivity index (χ3n) is 8.45. The van der Waals surface area contributed by atoms with Gasteiger partial charge in [-0.25, -0.2) is 21.6 Å². The maximum absolute atomic E-state index is 14.3. The number of amides is 2. The molecule has 5 rings (SSSR count). The second kappa shape index (κ2) is 11.3. The number of rotatable bonds is 8. The standard InChI is InChI=1S/C29H34F3N3O5S/c1-41(38,39)24-4-2-22(3-5-24)40-23-15-20(14-21(30)16-23)19-34-10-12-35(13-11-34)26(36)18-33-27(37)25-17-28(25)6-8-29(31,32)9-7-28/h2-5,14-16,25H,6-13,17-19H2,1H3,(H,33,37). The maximum atomic E-state index is 14.3. The van der Waals surface area contributed by atoms with E-state index in [1.807, 2.05) is 0 Å². The van der Waals surface area contributed by atoms with Crippen LogP contribution < -0.4 is 10.1 Å². The van der Waals surface area contributed by atoms with Crippen molar-refractivity contribution in [3.05, 3.63) is 53.8 Å². The van der Waals surface area contributed by atoms with Gasteiger partial charge in [-0.1, -0.05) is 0 Å².